The van der Waals surface area contributed by atoms with Gasteiger partial charge in [0.05, 0.1) is 0 Å². The van der Waals surface area contributed by atoms with Gasteiger partial charge < -0.3 is 14.2 Å². The smallest absolute Gasteiger partial charge is 0.306 e. The lowest BCUT2D eigenvalue weighted by molar-refractivity contribution is -0.167. The molecular weight excluding hydrogens is 733 g/mol. The summed E-state index contributed by atoms with van der Waals surface area (Å²) in [6, 6.07) is 0. The number of esters is 3. The van der Waals surface area contributed by atoms with E-state index in [1.54, 1.807) is 0 Å². The molecule has 0 fully saturated rings. The van der Waals surface area contributed by atoms with Gasteiger partial charge in [0.1, 0.15) is 13.2 Å². The first-order valence-corrected chi connectivity index (χ1v) is 24.8. The third-order valence-corrected chi connectivity index (χ3v) is 10.6. The molecule has 0 N–H and O–H groups in total. The summed E-state index contributed by atoms with van der Waals surface area (Å²) in [6.45, 7) is 6.45. The quantitative estimate of drug-likeness (QED) is 0.0200. The summed E-state index contributed by atoms with van der Waals surface area (Å²) in [7, 11) is 0. The van der Waals surface area contributed by atoms with Crippen LogP contribution in [-0.4, -0.2) is 37.2 Å². The van der Waals surface area contributed by atoms with E-state index in [9.17, 15) is 14.4 Å². The van der Waals surface area contributed by atoms with Crippen LogP contribution in [0.5, 0.6) is 0 Å². The molecule has 0 aliphatic carbocycles. The zero-order chi connectivity index (χ0) is 43.0. The summed E-state index contributed by atoms with van der Waals surface area (Å²) in [5.74, 6) is -0.913. The van der Waals surface area contributed by atoms with Crippen LogP contribution in [0.3, 0.4) is 0 Å². The van der Waals surface area contributed by atoms with Crippen molar-refractivity contribution >= 4 is 17.9 Å². The van der Waals surface area contributed by atoms with E-state index in [0.717, 1.165) is 83.5 Å². The second kappa shape index (κ2) is 47.8. The molecule has 0 spiro atoms. The van der Waals surface area contributed by atoms with E-state index in [1.807, 2.05) is 18.2 Å². The molecule has 59 heavy (non-hydrogen) atoms. The van der Waals surface area contributed by atoms with Crippen LogP contribution in [0.15, 0.2) is 60.8 Å². The van der Waals surface area contributed by atoms with Gasteiger partial charge in [0.2, 0.25) is 0 Å². The van der Waals surface area contributed by atoms with E-state index in [0.29, 0.717) is 19.3 Å². The van der Waals surface area contributed by atoms with Crippen LogP contribution >= 0.6 is 0 Å². The number of ether oxygens (including phenoxy) is 3. The number of hydrogen-bond donors (Lipinski definition) is 0. The fraction of sp³-hybridized carbons (Fsp3) is 0.755. The number of carbonyl (C=O) groups is 3. The molecule has 340 valence electrons. The predicted octanol–water partition coefficient (Wildman–Crippen LogP) is 16.1. The molecule has 0 aromatic rings. The highest BCUT2D eigenvalue weighted by Crippen LogP contribution is 2.14. The van der Waals surface area contributed by atoms with Crippen LogP contribution in [0.4, 0.5) is 0 Å². The van der Waals surface area contributed by atoms with Crippen LogP contribution in [0.1, 0.15) is 239 Å². The van der Waals surface area contributed by atoms with Gasteiger partial charge in [-0.15, -0.1) is 0 Å². The summed E-state index contributed by atoms with van der Waals surface area (Å²) in [6.07, 6.45) is 57.7. The topological polar surface area (TPSA) is 78.9 Å². The number of allylic oxidation sites excluding steroid dienone is 10. The molecule has 6 nitrogen and oxygen atoms in total. The minimum absolute atomic E-state index is 0.0842. The maximum Gasteiger partial charge on any atom is 0.306 e. The fourth-order valence-corrected chi connectivity index (χ4v) is 6.86. The first-order chi connectivity index (χ1) is 29.0. The zero-order valence-electron chi connectivity index (χ0n) is 38.8. The van der Waals surface area contributed by atoms with Crippen molar-refractivity contribution in [1.82, 2.24) is 0 Å². The first-order valence-electron chi connectivity index (χ1n) is 24.8. The molecule has 0 aromatic heterocycles. The molecule has 0 saturated carbocycles. The lowest BCUT2D eigenvalue weighted by Gasteiger charge is -2.18. The van der Waals surface area contributed by atoms with Gasteiger partial charge >= 0.3 is 17.9 Å². The lowest BCUT2D eigenvalue weighted by atomic mass is 10.1. The molecule has 0 saturated heterocycles. The van der Waals surface area contributed by atoms with Crippen LogP contribution in [0, 0.1) is 0 Å². The Morgan fingerprint density at radius 1 is 0.356 bits per heavy atom. The van der Waals surface area contributed by atoms with Gasteiger partial charge in [-0.25, -0.2) is 0 Å². The summed E-state index contributed by atoms with van der Waals surface area (Å²) >= 11 is 0. The van der Waals surface area contributed by atoms with Gasteiger partial charge in [0, 0.05) is 19.3 Å². The van der Waals surface area contributed by atoms with E-state index >= 15 is 0 Å². The Bertz CT molecular complexity index is 1090. The second-order valence-corrected chi connectivity index (χ2v) is 16.4. The molecule has 0 heterocycles. The highest BCUT2D eigenvalue weighted by atomic mass is 16.6. The van der Waals surface area contributed by atoms with Crippen LogP contribution in [-0.2, 0) is 28.6 Å². The van der Waals surface area contributed by atoms with Gasteiger partial charge in [-0.05, 0) is 64.2 Å². The van der Waals surface area contributed by atoms with Gasteiger partial charge in [-0.1, -0.05) is 216 Å². The Morgan fingerprint density at radius 2 is 0.678 bits per heavy atom. The van der Waals surface area contributed by atoms with Crippen molar-refractivity contribution in [3.63, 3.8) is 0 Å². The second-order valence-electron chi connectivity index (χ2n) is 16.4. The van der Waals surface area contributed by atoms with Crippen molar-refractivity contribution in [2.75, 3.05) is 13.2 Å². The van der Waals surface area contributed by atoms with Crippen molar-refractivity contribution in [2.24, 2.45) is 0 Å². The van der Waals surface area contributed by atoms with E-state index < -0.39 is 6.10 Å². The van der Waals surface area contributed by atoms with Gasteiger partial charge in [0.15, 0.2) is 6.10 Å². The number of hydrogen-bond acceptors (Lipinski definition) is 6. The number of carbonyl (C=O) groups excluding carboxylic acids is 3. The summed E-state index contributed by atoms with van der Waals surface area (Å²) < 4.78 is 16.7. The van der Waals surface area contributed by atoms with Crippen molar-refractivity contribution in [2.45, 2.75) is 245 Å². The zero-order valence-corrected chi connectivity index (χ0v) is 38.8. The fourth-order valence-electron chi connectivity index (χ4n) is 6.86. The number of unbranched alkanes of at least 4 members (excludes halogenated alkanes) is 26. The minimum atomic E-state index is -0.784. The molecule has 1 unspecified atom stereocenters. The molecule has 0 aromatic carbocycles. The maximum atomic E-state index is 12.7. The van der Waals surface area contributed by atoms with E-state index in [-0.39, 0.29) is 31.1 Å². The predicted molar refractivity (Wildman–Crippen MR) is 251 cm³/mol. The number of rotatable bonds is 44. The first kappa shape index (κ1) is 56.1. The normalized spacial score (nSPS) is 12.5. The van der Waals surface area contributed by atoms with E-state index in [2.05, 4.69) is 63.3 Å². The molecule has 0 aliphatic heterocycles. The summed E-state index contributed by atoms with van der Waals surface area (Å²) in [5.41, 5.74) is 0. The highest BCUT2D eigenvalue weighted by molar-refractivity contribution is 5.71. The average molecular weight is 825 g/mol. The largest absolute Gasteiger partial charge is 0.462 e. The Hall–Kier alpha value is -2.89. The van der Waals surface area contributed by atoms with Gasteiger partial charge in [0.25, 0.3) is 0 Å². The molecule has 0 bridgehead atoms. The average Bonchev–Trinajstić information content (AvgIpc) is 3.23. The molecule has 1 atom stereocenters. The summed E-state index contributed by atoms with van der Waals surface area (Å²) in [5, 5.41) is 0. The molecule has 0 aliphatic rings. The molecular formula is C53H92O6. The SMILES string of the molecule is CC\C=C/C=C\C=C/C=C\CCCCCCCC(=O)OC(COC(=O)CCCCCCCCC/C=C\CCCCCCCC)COC(=O)CCCCCCCCCCC. The standard InChI is InChI=1S/C53H92O6/c1-4-7-10-13-16-19-21-23-25-26-28-29-31-34-37-40-43-46-52(55)58-49-50(48-57-51(54)45-42-39-36-33-18-15-12-9-6-3)59-53(56)47-44-41-38-35-32-30-27-24-22-20-17-14-11-8-5-2/h8,11,14,17,20,22-25,27,50H,4-7,9-10,12-13,15-16,18-19,21,26,28-49H2,1-3H3/b11-8-,17-14-,22-20-,25-23-,27-24-. The van der Waals surface area contributed by atoms with Crippen molar-refractivity contribution in [3.05, 3.63) is 60.8 Å². The van der Waals surface area contributed by atoms with Crippen molar-refractivity contribution < 1.29 is 28.6 Å². The molecule has 6 heteroatoms. The Morgan fingerprint density at radius 3 is 1.08 bits per heavy atom. The summed E-state index contributed by atoms with van der Waals surface area (Å²) in [4.78, 5) is 37.8. The minimum Gasteiger partial charge on any atom is -0.462 e. The van der Waals surface area contributed by atoms with Gasteiger partial charge in [-0.2, -0.15) is 0 Å². The molecule has 0 amide bonds. The van der Waals surface area contributed by atoms with Crippen LogP contribution < -0.4 is 0 Å². The molecule has 0 rings (SSSR count). The van der Waals surface area contributed by atoms with E-state index in [1.165, 1.54) is 116 Å². The highest BCUT2D eigenvalue weighted by Gasteiger charge is 2.19. The van der Waals surface area contributed by atoms with Crippen molar-refractivity contribution in [3.8, 4) is 0 Å². The van der Waals surface area contributed by atoms with Crippen LogP contribution in [0.25, 0.3) is 0 Å². The molecule has 0 radical (unpaired) electrons. The maximum absolute atomic E-state index is 12.7. The van der Waals surface area contributed by atoms with E-state index in [4.69, 9.17) is 14.2 Å². The Kier molecular flexibility index (Phi) is 45.4. The van der Waals surface area contributed by atoms with Gasteiger partial charge in [-0.3, -0.25) is 14.4 Å². The Balaban J connectivity index is 4.37. The van der Waals surface area contributed by atoms with Crippen molar-refractivity contribution in [1.29, 1.82) is 0 Å². The third kappa shape index (κ3) is 46.0. The van der Waals surface area contributed by atoms with Crippen LogP contribution in [0.2, 0.25) is 0 Å². The monoisotopic (exact) mass is 825 g/mol. The Labute approximate surface area is 364 Å². The third-order valence-electron chi connectivity index (χ3n) is 10.6. The lowest BCUT2D eigenvalue weighted by Crippen LogP contribution is -2.30.